The van der Waals surface area contributed by atoms with Crippen molar-refractivity contribution >= 4 is 35.4 Å². The van der Waals surface area contributed by atoms with E-state index >= 15 is 0 Å². The second kappa shape index (κ2) is 8.34. The van der Waals surface area contributed by atoms with Crippen LogP contribution in [-0.4, -0.2) is 26.0 Å². The van der Waals surface area contributed by atoms with Gasteiger partial charge in [-0.25, -0.2) is 20.1 Å². The van der Waals surface area contributed by atoms with Gasteiger partial charge in [-0.05, 0) is 25.1 Å². The van der Waals surface area contributed by atoms with Gasteiger partial charge in [0.1, 0.15) is 0 Å². The highest BCUT2D eigenvalue weighted by atomic mass is 35.5. The molecular weight excluding hydrogens is 435 g/mol. The SMILES string of the molecule is CCn1ncc(/C=N/Nc2nc(-c3ccc(Cl)c(Cl)c3)cc(C(F)(F)F)n2)c1F. The van der Waals surface area contributed by atoms with E-state index in [4.69, 9.17) is 23.2 Å². The smallest absolute Gasteiger partial charge is 0.245 e. The standard InChI is InChI=1S/C17H12Cl2F4N6/c1-2-29-15(20)10(8-25-29)7-24-28-16-26-13(6-14(27-16)17(21,22)23)9-3-4-11(18)12(19)5-9/h3-8H,2H2,1H3,(H,26,27,28)/b24-7+. The molecule has 0 saturated carbocycles. The van der Waals surface area contributed by atoms with Crippen molar-refractivity contribution < 1.29 is 17.6 Å². The lowest BCUT2D eigenvalue weighted by atomic mass is 10.1. The Morgan fingerprint density at radius 2 is 1.93 bits per heavy atom. The molecule has 3 aromatic rings. The van der Waals surface area contributed by atoms with Crippen molar-refractivity contribution in [3.8, 4) is 11.3 Å². The summed E-state index contributed by atoms with van der Waals surface area (Å²) in [5.74, 6) is -1.06. The van der Waals surface area contributed by atoms with Crippen LogP contribution in [0.2, 0.25) is 10.0 Å². The number of halogens is 6. The maximum Gasteiger partial charge on any atom is 0.433 e. The van der Waals surface area contributed by atoms with E-state index in [1.807, 2.05) is 0 Å². The predicted molar refractivity (Wildman–Crippen MR) is 102 cm³/mol. The first-order valence-corrected chi connectivity index (χ1v) is 8.86. The van der Waals surface area contributed by atoms with E-state index in [1.54, 1.807) is 6.92 Å². The molecule has 3 rings (SSSR count). The number of anilines is 1. The van der Waals surface area contributed by atoms with Crippen LogP contribution in [0.15, 0.2) is 35.6 Å². The number of nitrogens with one attached hydrogen (secondary N) is 1. The number of hydrogen-bond acceptors (Lipinski definition) is 5. The Hall–Kier alpha value is -2.72. The van der Waals surface area contributed by atoms with Gasteiger partial charge in [-0.15, -0.1) is 0 Å². The van der Waals surface area contributed by atoms with Crippen molar-refractivity contribution in [1.29, 1.82) is 0 Å². The maximum absolute atomic E-state index is 13.9. The highest BCUT2D eigenvalue weighted by molar-refractivity contribution is 6.42. The average Bonchev–Trinajstić information content (AvgIpc) is 3.03. The zero-order valence-corrected chi connectivity index (χ0v) is 16.2. The van der Waals surface area contributed by atoms with E-state index in [1.165, 1.54) is 24.4 Å². The molecular formula is C17H12Cl2F4N6. The Morgan fingerprint density at radius 3 is 2.55 bits per heavy atom. The number of nitrogens with zero attached hydrogens (tertiary/aromatic N) is 5. The van der Waals surface area contributed by atoms with E-state index < -0.39 is 23.8 Å². The van der Waals surface area contributed by atoms with Gasteiger partial charge < -0.3 is 0 Å². The molecule has 0 fully saturated rings. The molecule has 0 bridgehead atoms. The first kappa shape index (κ1) is 21.0. The summed E-state index contributed by atoms with van der Waals surface area (Å²) in [6.07, 6.45) is -2.42. The number of hydrogen-bond donors (Lipinski definition) is 1. The minimum atomic E-state index is -4.72. The van der Waals surface area contributed by atoms with E-state index in [9.17, 15) is 17.6 Å². The number of alkyl halides is 3. The molecule has 0 radical (unpaired) electrons. The average molecular weight is 447 g/mol. The molecule has 152 valence electrons. The van der Waals surface area contributed by atoms with Crippen molar-refractivity contribution in [1.82, 2.24) is 19.7 Å². The highest BCUT2D eigenvalue weighted by Gasteiger charge is 2.34. The number of rotatable bonds is 5. The quantitative estimate of drug-likeness (QED) is 0.329. The molecule has 29 heavy (non-hydrogen) atoms. The summed E-state index contributed by atoms with van der Waals surface area (Å²) >= 11 is 11.8. The van der Waals surface area contributed by atoms with Crippen LogP contribution in [0.3, 0.4) is 0 Å². The molecule has 2 heterocycles. The maximum atomic E-state index is 13.9. The van der Waals surface area contributed by atoms with Gasteiger partial charge in [0.2, 0.25) is 11.9 Å². The number of aromatic nitrogens is 4. The monoisotopic (exact) mass is 446 g/mol. The summed E-state index contributed by atoms with van der Waals surface area (Å²) < 4.78 is 54.7. The zero-order chi connectivity index (χ0) is 21.2. The Balaban J connectivity index is 1.94. The lowest BCUT2D eigenvalue weighted by Crippen LogP contribution is -2.11. The summed E-state index contributed by atoms with van der Waals surface area (Å²) in [6, 6.07) is 5.07. The van der Waals surface area contributed by atoms with Gasteiger partial charge >= 0.3 is 6.18 Å². The minimum Gasteiger partial charge on any atom is -0.245 e. The minimum absolute atomic E-state index is 0.0476. The zero-order valence-electron chi connectivity index (χ0n) is 14.7. The van der Waals surface area contributed by atoms with E-state index in [2.05, 4.69) is 25.6 Å². The van der Waals surface area contributed by atoms with Gasteiger partial charge in [0.05, 0.1) is 33.7 Å². The van der Waals surface area contributed by atoms with E-state index in [0.29, 0.717) is 12.1 Å². The summed E-state index contributed by atoms with van der Waals surface area (Å²) in [6.45, 7) is 2.02. The second-order valence-corrected chi connectivity index (χ2v) is 6.48. The second-order valence-electron chi connectivity index (χ2n) is 5.67. The molecule has 0 amide bonds. The molecule has 0 aliphatic carbocycles. The van der Waals surface area contributed by atoms with E-state index in [-0.39, 0.29) is 21.3 Å². The normalized spacial score (nSPS) is 12.0. The fraction of sp³-hybridized carbons (Fsp3) is 0.176. The van der Waals surface area contributed by atoms with Crippen LogP contribution in [-0.2, 0) is 12.7 Å². The van der Waals surface area contributed by atoms with Crippen LogP contribution in [0.5, 0.6) is 0 Å². The van der Waals surface area contributed by atoms with Crippen LogP contribution in [0.25, 0.3) is 11.3 Å². The van der Waals surface area contributed by atoms with Gasteiger partial charge in [-0.1, -0.05) is 29.3 Å². The third kappa shape index (κ3) is 4.83. The first-order chi connectivity index (χ1) is 13.7. The fourth-order valence-corrected chi connectivity index (χ4v) is 2.60. The summed E-state index contributed by atoms with van der Waals surface area (Å²) in [4.78, 5) is 7.42. The predicted octanol–water partition coefficient (Wildman–Crippen LogP) is 5.27. The van der Waals surface area contributed by atoms with Crippen LogP contribution < -0.4 is 5.43 Å². The molecule has 0 saturated heterocycles. The molecule has 0 aliphatic heterocycles. The Morgan fingerprint density at radius 1 is 1.17 bits per heavy atom. The molecule has 1 N–H and O–H groups in total. The van der Waals surface area contributed by atoms with Crippen molar-refractivity contribution in [3.63, 3.8) is 0 Å². The molecule has 1 aromatic carbocycles. The number of aryl methyl sites for hydroxylation is 1. The van der Waals surface area contributed by atoms with Crippen molar-refractivity contribution in [2.24, 2.45) is 5.10 Å². The topological polar surface area (TPSA) is 68.0 Å². The fourth-order valence-electron chi connectivity index (χ4n) is 2.30. The van der Waals surface area contributed by atoms with Gasteiger partial charge in [0.25, 0.3) is 0 Å². The summed E-state index contributed by atoms with van der Waals surface area (Å²) in [5.41, 5.74) is 1.40. The van der Waals surface area contributed by atoms with Crippen molar-refractivity contribution in [3.05, 3.63) is 57.7 Å². The van der Waals surface area contributed by atoms with Crippen LogP contribution >= 0.6 is 23.2 Å². The molecule has 0 unspecified atom stereocenters. The molecule has 6 nitrogen and oxygen atoms in total. The van der Waals surface area contributed by atoms with Crippen LogP contribution in [0.4, 0.5) is 23.5 Å². The van der Waals surface area contributed by atoms with Crippen LogP contribution in [0.1, 0.15) is 18.2 Å². The third-order valence-corrected chi connectivity index (χ3v) is 4.44. The molecule has 0 aliphatic rings. The number of hydrazone groups is 1. The van der Waals surface area contributed by atoms with Gasteiger partial charge in [-0.2, -0.15) is 27.8 Å². The Labute approximate surface area is 172 Å². The lowest BCUT2D eigenvalue weighted by Gasteiger charge is -2.10. The molecule has 0 atom stereocenters. The molecule has 2 aromatic heterocycles. The van der Waals surface area contributed by atoms with Crippen molar-refractivity contribution in [2.45, 2.75) is 19.6 Å². The highest BCUT2D eigenvalue weighted by Crippen LogP contribution is 2.33. The summed E-state index contributed by atoms with van der Waals surface area (Å²) in [5, 5.41) is 7.90. The van der Waals surface area contributed by atoms with Crippen molar-refractivity contribution in [2.75, 3.05) is 5.43 Å². The first-order valence-electron chi connectivity index (χ1n) is 8.11. The molecule has 12 heteroatoms. The Kier molecular flexibility index (Phi) is 6.04. The summed E-state index contributed by atoms with van der Waals surface area (Å²) in [7, 11) is 0. The lowest BCUT2D eigenvalue weighted by molar-refractivity contribution is -0.141. The number of benzene rings is 1. The van der Waals surface area contributed by atoms with Gasteiger partial charge in [-0.3, -0.25) is 0 Å². The molecule has 0 spiro atoms. The largest absolute Gasteiger partial charge is 0.433 e. The Bertz CT molecular complexity index is 1060. The van der Waals surface area contributed by atoms with Crippen LogP contribution in [0, 0.1) is 5.95 Å². The van der Waals surface area contributed by atoms with Gasteiger partial charge in [0.15, 0.2) is 5.69 Å². The van der Waals surface area contributed by atoms with Gasteiger partial charge in [0, 0.05) is 12.1 Å². The third-order valence-electron chi connectivity index (χ3n) is 3.70. The van der Waals surface area contributed by atoms with E-state index in [0.717, 1.165) is 17.0 Å².